The van der Waals surface area contributed by atoms with Crippen molar-refractivity contribution in [3.63, 3.8) is 0 Å². The van der Waals surface area contributed by atoms with Crippen LogP contribution in [0.1, 0.15) is 16.8 Å². The molecule has 2 aromatic rings. The van der Waals surface area contributed by atoms with E-state index in [1.807, 2.05) is 18.2 Å². The lowest BCUT2D eigenvalue weighted by atomic mass is 10.1. The van der Waals surface area contributed by atoms with Crippen LogP contribution >= 0.6 is 15.9 Å². The molecule has 0 fully saturated rings. The molecule has 1 aromatic heterocycles. The molecular formula is C14H14BrNO. The fourth-order valence-corrected chi connectivity index (χ4v) is 1.90. The normalized spacial score (nSPS) is 10.3. The SMILES string of the molecule is Cc1cccc(C)c1OCc1ccc(Br)cn1. The third kappa shape index (κ3) is 3.07. The van der Waals surface area contributed by atoms with E-state index in [2.05, 4.69) is 46.9 Å². The van der Waals surface area contributed by atoms with Gasteiger partial charge in [-0.25, -0.2) is 0 Å². The maximum atomic E-state index is 5.82. The Bertz CT molecular complexity index is 488. The van der Waals surface area contributed by atoms with Gasteiger partial charge in [-0.2, -0.15) is 0 Å². The van der Waals surface area contributed by atoms with Gasteiger partial charge in [0, 0.05) is 10.7 Å². The van der Waals surface area contributed by atoms with Gasteiger partial charge in [0.05, 0.1) is 5.69 Å². The molecule has 0 N–H and O–H groups in total. The van der Waals surface area contributed by atoms with Crippen LogP contribution in [-0.2, 0) is 6.61 Å². The minimum Gasteiger partial charge on any atom is -0.487 e. The van der Waals surface area contributed by atoms with Crippen LogP contribution in [0.3, 0.4) is 0 Å². The predicted octanol–water partition coefficient (Wildman–Crippen LogP) is 4.04. The first kappa shape index (κ1) is 12.1. The number of rotatable bonds is 3. The van der Waals surface area contributed by atoms with Crippen molar-refractivity contribution in [3.8, 4) is 5.75 Å². The largest absolute Gasteiger partial charge is 0.487 e. The molecular weight excluding hydrogens is 278 g/mol. The standard InChI is InChI=1S/C14H14BrNO/c1-10-4-3-5-11(2)14(10)17-9-13-7-6-12(15)8-16-13/h3-8H,9H2,1-2H3. The van der Waals surface area contributed by atoms with E-state index in [1.165, 1.54) is 0 Å². The van der Waals surface area contributed by atoms with Crippen molar-refractivity contribution in [3.05, 3.63) is 57.8 Å². The van der Waals surface area contributed by atoms with Gasteiger partial charge < -0.3 is 4.74 Å². The van der Waals surface area contributed by atoms with Crippen molar-refractivity contribution in [1.82, 2.24) is 4.98 Å². The molecule has 0 saturated heterocycles. The number of hydrogen-bond acceptors (Lipinski definition) is 2. The van der Waals surface area contributed by atoms with E-state index in [4.69, 9.17) is 4.74 Å². The Kier molecular flexibility index (Phi) is 3.79. The first-order valence-corrected chi connectivity index (χ1v) is 6.25. The summed E-state index contributed by atoms with van der Waals surface area (Å²) >= 11 is 3.36. The molecule has 0 aliphatic rings. The summed E-state index contributed by atoms with van der Waals surface area (Å²) in [6.45, 7) is 4.60. The molecule has 0 saturated carbocycles. The van der Waals surface area contributed by atoms with Crippen LogP contribution in [0.4, 0.5) is 0 Å². The predicted molar refractivity (Wildman–Crippen MR) is 72.2 cm³/mol. The van der Waals surface area contributed by atoms with Gasteiger partial charge in [0.15, 0.2) is 0 Å². The molecule has 0 bridgehead atoms. The number of para-hydroxylation sites is 1. The highest BCUT2D eigenvalue weighted by Crippen LogP contribution is 2.23. The van der Waals surface area contributed by atoms with Crippen molar-refractivity contribution in [2.75, 3.05) is 0 Å². The topological polar surface area (TPSA) is 22.1 Å². The van der Waals surface area contributed by atoms with Crippen LogP contribution in [0.2, 0.25) is 0 Å². The van der Waals surface area contributed by atoms with E-state index >= 15 is 0 Å². The van der Waals surface area contributed by atoms with Gasteiger partial charge >= 0.3 is 0 Å². The molecule has 0 amide bonds. The van der Waals surface area contributed by atoms with Gasteiger partial charge in [0.25, 0.3) is 0 Å². The summed E-state index contributed by atoms with van der Waals surface area (Å²) in [6.07, 6.45) is 1.78. The lowest BCUT2D eigenvalue weighted by Crippen LogP contribution is -2.00. The molecule has 1 aromatic carbocycles. The van der Waals surface area contributed by atoms with Crippen LogP contribution < -0.4 is 4.74 Å². The molecule has 0 radical (unpaired) electrons. The zero-order chi connectivity index (χ0) is 12.3. The third-order valence-corrected chi connectivity index (χ3v) is 3.03. The quantitative estimate of drug-likeness (QED) is 0.851. The number of hydrogen-bond donors (Lipinski definition) is 0. The smallest absolute Gasteiger partial charge is 0.130 e. The molecule has 88 valence electrons. The minimum absolute atomic E-state index is 0.499. The van der Waals surface area contributed by atoms with Gasteiger partial charge in [-0.05, 0) is 53.0 Å². The third-order valence-electron chi connectivity index (χ3n) is 2.56. The summed E-state index contributed by atoms with van der Waals surface area (Å²) < 4.78 is 6.80. The number of nitrogens with zero attached hydrogens (tertiary/aromatic N) is 1. The van der Waals surface area contributed by atoms with E-state index < -0.39 is 0 Å². The first-order valence-electron chi connectivity index (χ1n) is 5.46. The fourth-order valence-electron chi connectivity index (χ4n) is 1.66. The molecule has 0 aliphatic heterocycles. The molecule has 17 heavy (non-hydrogen) atoms. The van der Waals surface area contributed by atoms with E-state index in [0.717, 1.165) is 27.0 Å². The molecule has 0 atom stereocenters. The summed E-state index contributed by atoms with van der Waals surface area (Å²) in [4.78, 5) is 4.28. The molecule has 2 nitrogen and oxygen atoms in total. The highest BCUT2D eigenvalue weighted by Gasteiger charge is 2.03. The first-order chi connectivity index (χ1) is 8.16. The number of aryl methyl sites for hydroxylation is 2. The van der Waals surface area contributed by atoms with E-state index in [-0.39, 0.29) is 0 Å². The Morgan fingerprint density at radius 3 is 2.41 bits per heavy atom. The summed E-state index contributed by atoms with van der Waals surface area (Å²) in [5, 5.41) is 0. The molecule has 0 aliphatic carbocycles. The van der Waals surface area contributed by atoms with Gasteiger partial charge in [0.2, 0.25) is 0 Å². The van der Waals surface area contributed by atoms with E-state index in [9.17, 15) is 0 Å². The monoisotopic (exact) mass is 291 g/mol. The van der Waals surface area contributed by atoms with Crippen molar-refractivity contribution in [2.45, 2.75) is 20.5 Å². The maximum absolute atomic E-state index is 5.82. The number of benzene rings is 1. The average molecular weight is 292 g/mol. The fraction of sp³-hybridized carbons (Fsp3) is 0.214. The average Bonchev–Trinajstić information content (AvgIpc) is 2.31. The van der Waals surface area contributed by atoms with E-state index in [1.54, 1.807) is 6.20 Å². The second kappa shape index (κ2) is 5.32. The van der Waals surface area contributed by atoms with Gasteiger partial charge in [-0.15, -0.1) is 0 Å². The van der Waals surface area contributed by atoms with Gasteiger partial charge in [-0.3, -0.25) is 4.98 Å². The van der Waals surface area contributed by atoms with Crippen LogP contribution in [-0.4, -0.2) is 4.98 Å². The summed E-state index contributed by atoms with van der Waals surface area (Å²) in [5.74, 6) is 0.956. The second-order valence-electron chi connectivity index (χ2n) is 3.98. The lowest BCUT2D eigenvalue weighted by Gasteiger charge is -2.11. The molecule has 3 heteroatoms. The number of halogens is 1. The summed E-state index contributed by atoms with van der Waals surface area (Å²) in [6, 6.07) is 10.1. The van der Waals surface area contributed by atoms with Crippen molar-refractivity contribution in [1.29, 1.82) is 0 Å². The highest BCUT2D eigenvalue weighted by molar-refractivity contribution is 9.10. The zero-order valence-electron chi connectivity index (χ0n) is 9.90. The minimum atomic E-state index is 0.499. The Labute approximate surface area is 110 Å². The Morgan fingerprint density at radius 1 is 1.12 bits per heavy atom. The van der Waals surface area contributed by atoms with Gasteiger partial charge in [0.1, 0.15) is 12.4 Å². The Balaban J connectivity index is 2.10. The Hall–Kier alpha value is -1.35. The van der Waals surface area contributed by atoms with Crippen LogP contribution in [0, 0.1) is 13.8 Å². The second-order valence-corrected chi connectivity index (χ2v) is 4.89. The molecule has 1 heterocycles. The molecule has 0 spiro atoms. The summed E-state index contributed by atoms with van der Waals surface area (Å²) in [7, 11) is 0. The maximum Gasteiger partial charge on any atom is 0.130 e. The van der Waals surface area contributed by atoms with Crippen LogP contribution in [0.5, 0.6) is 5.75 Å². The highest BCUT2D eigenvalue weighted by atomic mass is 79.9. The van der Waals surface area contributed by atoms with Crippen LogP contribution in [0.15, 0.2) is 41.0 Å². The Morgan fingerprint density at radius 2 is 1.82 bits per heavy atom. The lowest BCUT2D eigenvalue weighted by molar-refractivity contribution is 0.297. The van der Waals surface area contributed by atoms with Crippen molar-refractivity contribution >= 4 is 15.9 Å². The number of aromatic nitrogens is 1. The number of pyridine rings is 1. The van der Waals surface area contributed by atoms with Gasteiger partial charge in [-0.1, -0.05) is 18.2 Å². The summed E-state index contributed by atoms with van der Waals surface area (Å²) in [5.41, 5.74) is 3.24. The van der Waals surface area contributed by atoms with E-state index in [0.29, 0.717) is 6.61 Å². The van der Waals surface area contributed by atoms with Crippen LogP contribution in [0.25, 0.3) is 0 Å². The van der Waals surface area contributed by atoms with Crippen molar-refractivity contribution < 1.29 is 4.74 Å². The molecule has 0 unspecified atom stereocenters. The number of ether oxygens (including phenoxy) is 1. The zero-order valence-corrected chi connectivity index (χ0v) is 11.5. The molecule has 2 rings (SSSR count). The van der Waals surface area contributed by atoms with Crippen molar-refractivity contribution in [2.24, 2.45) is 0 Å².